The third kappa shape index (κ3) is 2.07. The normalized spacial score (nSPS) is 30.0. The lowest BCUT2D eigenvalue weighted by atomic mass is 9.89. The zero-order valence-electron chi connectivity index (χ0n) is 11.8. The molecule has 3 unspecified atom stereocenters. The maximum atomic E-state index is 12.2. The van der Waals surface area contributed by atoms with Crippen LogP contribution in [0.1, 0.15) is 19.3 Å². The van der Waals surface area contributed by atoms with Gasteiger partial charge in [-0.05, 0) is 25.0 Å². The average Bonchev–Trinajstić information content (AvgIpc) is 2.81. The zero-order valence-corrected chi connectivity index (χ0v) is 11.8. The molecule has 3 atom stereocenters. The predicted molar refractivity (Wildman–Crippen MR) is 76.7 cm³/mol. The molecular formula is C14H16N4O4. The molecule has 1 aromatic rings. The number of fused-ring (bicyclic) bond motifs is 2. The highest BCUT2D eigenvalue weighted by molar-refractivity contribution is 5.95. The third-order valence-electron chi connectivity index (χ3n) is 4.28. The van der Waals surface area contributed by atoms with Crippen molar-refractivity contribution in [2.75, 3.05) is 16.8 Å². The van der Waals surface area contributed by atoms with Gasteiger partial charge in [0.25, 0.3) is 5.91 Å². The first-order chi connectivity index (χ1) is 10.6. The second-order valence-electron chi connectivity index (χ2n) is 5.79. The molecule has 2 amide bonds. The number of aromatic nitrogens is 1. The van der Waals surface area contributed by atoms with E-state index in [1.165, 1.54) is 0 Å². The highest BCUT2D eigenvalue weighted by Gasteiger charge is 2.46. The lowest BCUT2D eigenvalue weighted by molar-refractivity contribution is -0.118. The van der Waals surface area contributed by atoms with Gasteiger partial charge in [-0.25, -0.2) is 9.78 Å². The van der Waals surface area contributed by atoms with Crippen LogP contribution >= 0.6 is 0 Å². The molecule has 2 aliphatic heterocycles. The van der Waals surface area contributed by atoms with E-state index in [0.29, 0.717) is 23.8 Å². The number of ether oxygens (including phenoxy) is 2. The van der Waals surface area contributed by atoms with Gasteiger partial charge in [-0.2, -0.15) is 0 Å². The lowest BCUT2D eigenvalue weighted by Gasteiger charge is -2.30. The first kappa shape index (κ1) is 13.3. The lowest BCUT2D eigenvalue weighted by Crippen LogP contribution is -2.44. The maximum Gasteiger partial charge on any atom is 0.416 e. The van der Waals surface area contributed by atoms with E-state index in [4.69, 9.17) is 15.2 Å². The summed E-state index contributed by atoms with van der Waals surface area (Å²) in [4.78, 5) is 29.5. The number of carbonyl (C=O) groups excluding carboxylic acids is 2. The number of nitrogens with two attached hydrogens (primary N) is 1. The van der Waals surface area contributed by atoms with Gasteiger partial charge in [-0.3, -0.25) is 9.69 Å². The van der Waals surface area contributed by atoms with Crippen LogP contribution in [-0.2, 0) is 9.53 Å². The SMILES string of the molecule is NC1CCC2C(C1)OC(=O)N2c1ccc2c(n1)NC(=O)CO2. The van der Waals surface area contributed by atoms with E-state index in [9.17, 15) is 9.59 Å². The summed E-state index contributed by atoms with van der Waals surface area (Å²) in [7, 11) is 0. The van der Waals surface area contributed by atoms with Crippen LogP contribution in [0.15, 0.2) is 12.1 Å². The average molecular weight is 304 g/mol. The molecule has 116 valence electrons. The van der Waals surface area contributed by atoms with E-state index in [-0.39, 0.29) is 30.7 Å². The van der Waals surface area contributed by atoms with Crippen LogP contribution in [0.25, 0.3) is 0 Å². The molecule has 1 aliphatic carbocycles. The topological polar surface area (TPSA) is 107 Å². The fourth-order valence-electron chi connectivity index (χ4n) is 3.24. The standard InChI is InChI=1S/C14H16N4O4/c15-7-1-2-8-10(5-7)22-14(20)18(8)11-4-3-9-13(16-11)17-12(19)6-21-9/h3-4,7-8,10H,1-2,5-6,15H2,(H,16,17,19). The number of nitrogens with zero attached hydrogens (tertiary/aromatic N) is 2. The summed E-state index contributed by atoms with van der Waals surface area (Å²) in [5.41, 5.74) is 5.94. The third-order valence-corrected chi connectivity index (χ3v) is 4.28. The Morgan fingerprint density at radius 1 is 1.32 bits per heavy atom. The summed E-state index contributed by atoms with van der Waals surface area (Å²) in [6.45, 7) is -0.0254. The molecule has 3 N–H and O–H groups in total. The molecule has 8 heteroatoms. The van der Waals surface area contributed by atoms with Crippen LogP contribution in [-0.4, -0.2) is 41.8 Å². The van der Waals surface area contributed by atoms with Gasteiger partial charge in [0.2, 0.25) is 0 Å². The summed E-state index contributed by atoms with van der Waals surface area (Å²) >= 11 is 0. The van der Waals surface area contributed by atoms with E-state index >= 15 is 0 Å². The van der Waals surface area contributed by atoms with Crippen molar-refractivity contribution in [3.63, 3.8) is 0 Å². The van der Waals surface area contributed by atoms with Gasteiger partial charge in [0.15, 0.2) is 18.2 Å². The van der Waals surface area contributed by atoms with Crippen molar-refractivity contribution in [1.82, 2.24) is 4.98 Å². The van der Waals surface area contributed by atoms with E-state index in [2.05, 4.69) is 10.3 Å². The number of hydrogen-bond acceptors (Lipinski definition) is 6. The number of amides is 2. The van der Waals surface area contributed by atoms with Gasteiger partial charge in [0.05, 0.1) is 6.04 Å². The van der Waals surface area contributed by atoms with Crippen molar-refractivity contribution >= 4 is 23.6 Å². The largest absolute Gasteiger partial charge is 0.480 e. The van der Waals surface area contributed by atoms with Crippen LogP contribution in [0.4, 0.5) is 16.4 Å². The molecule has 3 aliphatic rings. The van der Waals surface area contributed by atoms with Gasteiger partial charge in [-0.15, -0.1) is 0 Å². The zero-order chi connectivity index (χ0) is 15.3. The molecule has 4 rings (SSSR count). The quantitative estimate of drug-likeness (QED) is 0.787. The van der Waals surface area contributed by atoms with Gasteiger partial charge in [0, 0.05) is 12.5 Å². The number of carbonyl (C=O) groups is 2. The Morgan fingerprint density at radius 2 is 2.18 bits per heavy atom. The highest BCUT2D eigenvalue weighted by Crippen LogP contribution is 2.36. The molecule has 22 heavy (non-hydrogen) atoms. The maximum absolute atomic E-state index is 12.2. The molecule has 2 fully saturated rings. The van der Waals surface area contributed by atoms with Gasteiger partial charge >= 0.3 is 6.09 Å². The first-order valence-corrected chi connectivity index (χ1v) is 7.31. The second-order valence-corrected chi connectivity index (χ2v) is 5.79. The molecule has 0 radical (unpaired) electrons. The van der Waals surface area contributed by atoms with E-state index in [1.54, 1.807) is 17.0 Å². The Morgan fingerprint density at radius 3 is 3.05 bits per heavy atom. The highest BCUT2D eigenvalue weighted by atomic mass is 16.6. The fourth-order valence-corrected chi connectivity index (χ4v) is 3.24. The minimum Gasteiger partial charge on any atom is -0.480 e. The summed E-state index contributed by atoms with van der Waals surface area (Å²) in [5, 5.41) is 2.64. The molecule has 0 aromatic carbocycles. The monoisotopic (exact) mass is 304 g/mol. The van der Waals surface area contributed by atoms with Crippen molar-refractivity contribution in [3.8, 4) is 5.75 Å². The molecule has 1 saturated carbocycles. The van der Waals surface area contributed by atoms with Crippen molar-refractivity contribution in [3.05, 3.63) is 12.1 Å². The van der Waals surface area contributed by atoms with E-state index in [0.717, 1.165) is 12.8 Å². The van der Waals surface area contributed by atoms with Gasteiger partial charge < -0.3 is 20.5 Å². The van der Waals surface area contributed by atoms with Crippen LogP contribution in [0, 0.1) is 0 Å². The van der Waals surface area contributed by atoms with Crippen LogP contribution in [0.5, 0.6) is 5.75 Å². The molecule has 1 saturated heterocycles. The summed E-state index contributed by atoms with van der Waals surface area (Å²) < 4.78 is 10.7. The van der Waals surface area contributed by atoms with E-state index in [1.807, 2.05) is 0 Å². The van der Waals surface area contributed by atoms with Crippen LogP contribution in [0.2, 0.25) is 0 Å². The molecule has 0 spiro atoms. The summed E-state index contributed by atoms with van der Waals surface area (Å²) in [6, 6.07) is 3.41. The summed E-state index contributed by atoms with van der Waals surface area (Å²) in [6.07, 6.45) is 1.68. The van der Waals surface area contributed by atoms with Crippen molar-refractivity contribution in [2.24, 2.45) is 5.73 Å². The number of anilines is 2. The molecule has 8 nitrogen and oxygen atoms in total. The Kier molecular flexibility index (Phi) is 2.93. The molecule has 1 aromatic heterocycles. The van der Waals surface area contributed by atoms with Crippen molar-refractivity contribution in [2.45, 2.75) is 37.5 Å². The minimum absolute atomic E-state index is 0.0254. The van der Waals surface area contributed by atoms with E-state index < -0.39 is 6.09 Å². The number of rotatable bonds is 1. The smallest absolute Gasteiger partial charge is 0.416 e. The molecule has 0 bridgehead atoms. The Labute approximate surface area is 126 Å². The Hall–Kier alpha value is -2.35. The fraction of sp³-hybridized carbons (Fsp3) is 0.500. The number of nitrogens with one attached hydrogen (secondary N) is 1. The van der Waals surface area contributed by atoms with Crippen molar-refractivity contribution < 1.29 is 19.1 Å². The molecular weight excluding hydrogens is 288 g/mol. The first-order valence-electron chi connectivity index (χ1n) is 7.31. The minimum atomic E-state index is -0.417. The predicted octanol–water partition coefficient (Wildman–Crippen LogP) is 0.617. The number of pyridine rings is 1. The molecule has 3 heterocycles. The Balaban J connectivity index is 1.65. The van der Waals surface area contributed by atoms with Crippen LogP contribution < -0.4 is 20.7 Å². The van der Waals surface area contributed by atoms with Gasteiger partial charge in [0.1, 0.15) is 11.9 Å². The number of hydrogen-bond donors (Lipinski definition) is 2. The Bertz CT molecular complexity index is 650. The van der Waals surface area contributed by atoms with Crippen molar-refractivity contribution in [1.29, 1.82) is 0 Å². The second kappa shape index (κ2) is 4.84. The van der Waals surface area contributed by atoms with Crippen LogP contribution in [0.3, 0.4) is 0 Å². The van der Waals surface area contributed by atoms with Gasteiger partial charge in [-0.1, -0.05) is 0 Å². The summed E-state index contributed by atoms with van der Waals surface area (Å²) in [5.74, 6) is 1.02.